The van der Waals surface area contributed by atoms with Crippen LogP contribution in [-0.4, -0.2) is 37.2 Å². The van der Waals surface area contributed by atoms with Gasteiger partial charge in [-0.05, 0) is 38.8 Å². The number of hydrogen-bond donors (Lipinski definition) is 0. The average Bonchev–Trinajstić information content (AvgIpc) is 2.67. The van der Waals surface area contributed by atoms with E-state index in [2.05, 4.69) is 4.90 Å². The van der Waals surface area contributed by atoms with Crippen LogP contribution in [0.5, 0.6) is 0 Å². The molecule has 2 saturated heterocycles. The van der Waals surface area contributed by atoms with Crippen molar-refractivity contribution >= 4 is 0 Å². The van der Waals surface area contributed by atoms with Gasteiger partial charge in [-0.2, -0.15) is 0 Å². The van der Waals surface area contributed by atoms with Crippen molar-refractivity contribution in [2.75, 3.05) is 26.8 Å². The molecule has 0 N–H and O–H groups in total. The Morgan fingerprint density at radius 1 is 1.15 bits per heavy atom. The summed E-state index contributed by atoms with van der Waals surface area (Å²) in [6.07, 6.45) is 5.48. The van der Waals surface area contributed by atoms with Crippen LogP contribution in [0.4, 0.5) is 0 Å². The highest BCUT2D eigenvalue weighted by molar-refractivity contribution is 4.99. The number of ether oxygens (including phenoxy) is 1. The molecule has 0 saturated carbocycles. The molecular formula is C11H23NO. The fourth-order valence-corrected chi connectivity index (χ4v) is 2.73. The lowest BCUT2D eigenvalue weighted by molar-refractivity contribution is 0.0655. The van der Waals surface area contributed by atoms with Crippen LogP contribution >= 0.6 is 0 Å². The smallest absolute Gasteiger partial charge is 0.0646 e. The highest BCUT2D eigenvalue weighted by atomic mass is 16.5. The van der Waals surface area contributed by atoms with E-state index in [9.17, 15) is 0 Å². The van der Waals surface area contributed by atoms with E-state index in [1.54, 1.807) is 0 Å². The number of fused-ring (bicyclic) bond motifs is 1. The van der Waals surface area contributed by atoms with E-state index in [-0.39, 0.29) is 0 Å². The van der Waals surface area contributed by atoms with Crippen LogP contribution in [-0.2, 0) is 4.74 Å². The first-order valence-electron chi connectivity index (χ1n) is 5.61. The highest BCUT2D eigenvalue weighted by Gasteiger charge is 2.43. The molecule has 2 rings (SSSR count). The van der Waals surface area contributed by atoms with Crippen molar-refractivity contribution in [3.8, 4) is 0 Å². The molecule has 2 heterocycles. The number of methoxy groups -OCH3 is 1. The third-order valence-electron chi connectivity index (χ3n) is 3.22. The van der Waals surface area contributed by atoms with E-state index in [1.165, 1.54) is 38.8 Å². The molecule has 0 aromatic carbocycles. The molecule has 2 heteroatoms. The molecule has 0 spiro atoms. The maximum Gasteiger partial charge on any atom is 0.0646 e. The summed E-state index contributed by atoms with van der Waals surface area (Å²) in [5.74, 6) is 0. The topological polar surface area (TPSA) is 12.5 Å². The van der Waals surface area contributed by atoms with Crippen LogP contribution in [0, 0.1) is 0 Å². The Morgan fingerprint density at radius 2 is 1.69 bits per heavy atom. The standard InChI is InChI=1S/C9H17NO.C2H6/c1-11-8-9-4-2-6-10(9)7-3-5-9;1-2/h2-8H2,1H3;1-2H3. The number of rotatable bonds is 2. The Kier molecular flexibility index (Phi) is 4.20. The fraction of sp³-hybridized carbons (Fsp3) is 1.00. The van der Waals surface area contributed by atoms with Crippen molar-refractivity contribution in [1.29, 1.82) is 0 Å². The first-order chi connectivity index (χ1) is 6.37. The van der Waals surface area contributed by atoms with Crippen molar-refractivity contribution < 1.29 is 4.74 Å². The highest BCUT2D eigenvalue weighted by Crippen LogP contribution is 2.38. The summed E-state index contributed by atoms with van der Waals surface area (Å²) in [5, 5.41) is 0. The summed E-state index contributed by atoms with van der Waals surface area (Å²) in [5.41, 5.74) is 0.467. The van der Waals surface area contributed by atoms with Crippen molar-refractivity contribution in [1.82, 2.24) is 4.90 Å². The Morgan fingerprint density at radius 3 is 2.15 bits per heavy atom. The van der Waals surface area contributed by atoms with Gasteiger partial charge >= 0.3 is 0 Å². The third kappa shape index (κ3) is 2.05. The van der Waals surface area contributed by atoms with Crippen molar-refractivity contribution in [3.05, 3.63) is 0 Å². The molecular weight excluding hydrogens is 162 g/mol. The first-order valence-corrected chi connectivity index (χ1v) is 5.61. The predicted molar refractivity (Wildman–Crippen MR) is 56.0 cm³/mol. The molecule has 0 radical (unpaired) electrons. The molecule has 0 unspecified atom stereocenters. The molecule has 2 nitrogen and oxygen atoms in total. The minimum Gasteiger partial charge on any atom is -0.383 e. The number of hydrogen-bond acceptors (Lipinski definition) is 2. The maximum absolute atomic E-state index is 5.29. The van der Waals surface area contributed by atoms with Crippen LogP contribution < -0.4 is 0 Å². The van der Waals surface area contributed by atoms with E-state index >= 15 is 0 Å². The molecule has 0 aromatic heterocycles. The van der Waals surface area contributed by atoms with Crippen LogP contribution in [0.2, 0.25) is 0 Å². The molecule has 78 valence electrons. The lowest BCUT2D eigenvalue weighted by atomic mass is 9.95. The molecule has 0 amide bonds. The van der Waals surface area contributed by atoms with Gasteiger partial charge in [0.05, 0.1) is 6.61 Å². The largest absolute Gasteiger partial charge is 0.383 e. The minimum atomic E-state index is 0.467. The lowest BCUT2D eigenvalue weighted by Gasteiger charge is -2.30. The summed E-state index contributed by atoms with van der Waals surface area (Å²) in [4.78, 5) is 2.62. The van der Waals surface area contributed by atoms with Gasteiger partial charge in [0, 0.05) is 12.6 Å². The molecule has 0 atom stereocenters. The van der Waals surface area contributed by atoms with Gasteiger partial charge in [0.25, 0.3) is 0 Å². The van der Waals surface area contributed by atoms with E-state index < -0.39 is 0 Å². The second kappa shape index (κ2) is 4.97. The van der Waals surface area contributed by atoms with Crippen LogP contribution in [0.1, 0.15) is 39.5 Å². The summed E-state index contributed by atoms with van der Waals surface area (Å²) >= 11 is 0. The van der Waals surface area contributed by atoms with Crippen molar-refractivity contribution in [2.45, 2.75) is 45.1 Å². The zero-order valence-corrected chi connectivity index (χ0v) is 9.31. The second-order valence-corrected chi connectivity index (χ2v) is 3.85. The van der Waals surface area contributed by atoms with E-state index in [0.717, 1.165) is 6.61 Å². The van der Waals surface area contributed by atoms with Gasteiger partial charge in [-0.3, -0.25) is 4.90 Å². The Labute approximate surface area is 82.3 Å². The Balaban J connectivity index is 0.000000396. The van der Waals surface area contributed by atoms with Crippen LogP contribution in [0.25, 0.3) is 0 Å². The lowest BCUT2D eigenvalue weighted by Crippen LogP contribution is -2.42. The molecule has 2 aliphatic rings. The molecule has 2 fully saturated rings. The van der Waals surface area contributed by atoms with Crippen molar-refractivity contribution in [2.24, 2.45) is 0 Å². The van der Waals surface area contributed by atoms with Gasteiger partial charge in [0.15, 0.2) is 0 Å². The first kappa shape index (κ1) is 11.0. The van der Waals surface area contributed by atoms with E-state index in [4.69, 9.17) is 4.74 Å². The SMILES string of the molecule is CC.COCC12CCCN1CCC2. The minimum absolute atomic E-state index is 0.467. The number of nitrogens with zero attached hydrogens (tertiary/aromatic N) is 1. The normalized spacial score (nSPS) is 25.2. The van der Waals surface area contributed by atoms with E-state index in [1.807, 2.05) is 21.0 Å². The molecule has 0 aromatic rings. The Bertz CT molecular complexity index is 137. The summed E-state index contributed by atoms with van der Waals surface area (Å²) < 4.78 is 5.29. The van der Waals surface area contributed by atoms with Gasteiger partial charge in [0.2, 0.25) is 0 Å². The second-order valence-electron chi connectivity index (χ2n) is 3.85. The van der Waals surface area contributed by atoms with Crippen LogP contribution in [0.3, 0.4) is 0 Å². The summed E-state index contributed by atoms with van der Waals surface area (Å²) in [6.45, 7) is 7.57. The third-order valence-corrected chi connectivity index (χ3v) is 3.22. The van der Waals surface area contributed by atoms with Crippen LogP contribution in [0.15, 0.2) is 0 Å². The Hall–Kier alpha value is -0.0800. The molecule has 0 aliphatic carbocycles. The predicted octanol–water partition coefficient (Wildman–Crippen LogP) is 2.29. The maximum atomic E-state index is 5.29. The van der Waals surface area contributed by atoms with Gasteiger partial charge in [-0.25, -0.2) is 0 Å². The fourth-order valence-electron chi connectivity index (χ4n) is 2.73. The van der Waals surface area contributed by atoms with Gasteiger partial charge in [-0.1, -0.05) is 13.8 Å². The molecule has 2 aliphatic heterocycles. The zero-order valence-electron chi connectivity index (χ0n) is 9.31. The van der Waals surface area contributed by atoms with Gasteiger partial charge < -0.3 is 4.74 Å². The summed E-state index contributed by atoms with van der Waals surface area (Å²) in [6, 6.07) is 0. The molecule has 0 bridgehead atoms. The molecule has 13 heavy (non-hydrogen) atoms. The van der Waals surface area contributed by atoms with Gasteiger partial charge in [-0.15, -0.1) is 0 Å². The van der Waals surface area contributed by atoms with Crippen molar-refractivity contribution in [3.63, 3.8) is 0 Å². The monoisotopic (exact) mass is 185 g/mol. The quantitative estimate of drug-likeness (QED) is 0.654. The zero-order chi connectivity index (χ0) is 9.73. The van der Waals surface area contributed by atoms with Gasteiger partial charge in [0.1, 0.15) is 0 Å². The average molecular weight is 185 g/mol. The van der Waals surface area contributed by atoms with E-state index in [0.29, 0.717) is 5.54 Å². The summed E-state index contributed by atoms with van der Waals surface area (Å²) in [7, 11) is 1.82.